The minimum Gasteiger partial charge on any atom is -0.491 e. The van der Waals surface area contributed by atoms with Crippen LogP contribution < -0.4 is 10.5 Å². The van der Waals surface area contributed by atoms with Crippen LogP contribution in [0.5, 0.6) is 5.75 Å². The predicted octanol–water partition coefficient (Wildman–Crippen LogP) is 3.35. The summed E-state index contributed by atoms with van der Waals surface area (Å²) in [5.41, 5.74) is 5.95. The molecule has 0 aliphatic carbocycles. The average Bonchev–Trinajstić information content (AvgIpc) is 2.36. The number of ether oxygens (including phenoxy) is 1. The van der Waals surface area contributed by atoms with Crippen molar-refractivity contribution < 1.29 is 4.74 Å². The van der Waals surface area contributed by atoms with Gasteiger partial charge in [-0.15, -0.1) is 0 Å². The Morgan fingerprint density at radius 1 is 1.12 bits per heavy atom. The summed E-state index contributed by atoms with van der Waals surface area (Å²) in [4.78, 5) is 0. The molecule has 2 N–H and O–H groups in total. The van der Waals surface area contributed by atoms with Gasteiger partial charge in [0.1, 0.15) is 12.4 Å². The fourth-order valence-electron chi connectivity index (χ4n) is 1.97. The van der Waals surface area contributed by atoms with E-state index in [1.54, 1.807) is 0 Å². The van der Waals surface area contributed by atoms with E-state index in [-0.39, 0.29) is 6.04 Å². The highest BCUT2D eigenvalue weighted by molar-refractivity contribution is 5.88. The molecule has 2 rings (SSSR count). The smallest absolute Gasteiger partial charge is 0.127 e. The molecule has 0 saturated carbocycles. The Kier molecular flexibility index (Phi) is 3.99. The molecule has 0 aliphatic heterocycles. The van der Waals surface area contributed by atoms with Gasteiger partial charge in [-0.3, -0.25) is 0 Å². The predicted molar refractivity (Wildman–Crippen MR) is 72.3 cm³/mol. The van der Waals surface area contributed by atoms with Crippen LogP contribution in [0.2, 0.25) is 0 Å². The monoisotopic (exact) mass is 229 g/mol. The van der Waals surface area contributed by atoms with Gasteiger partial charge < -0.3 is 10.5 Å². The van der Waals surface area contributed by atoms with Crippen LogP contribution in [-0.2, 0) is 0 Å². The molecule has 2 heteroatoms. The minimum absolute atomic E-state index is 0.124. The number of nitrogens with two attached hydrogens (primary N) is 1. The van der Waals surface area contributed by atoms with Crippen molar-refractivity contribution in [3.8, 4) is 5.75 Å². The van der Waals surface area contributed by atoms with Crippen LogP contribution in [0.3, 0.4) is 0 Å². The van der Waals surface area contributed by atoms with Crippen LogP contribution in [0, 0.1) is 0 Å². The summed E-state index contributed by atoms with van der Waals surface area (Å²) in [6.07, 6.45) is 2.10. The lowest BCUT2D eigenvalue weighted by molar-refractivity contribution is 0.284. The van der Waals surface area contributed by atoms with E-state index in [1.807, 2.05) is 24.3 Å². The first kappa shape index (κ1) is 11.9. The minimum atomic E-state index is 0.124. The summed E-state index contributed by atoms with van der Waals surface area (Å²) in [5.74, 6) is 0.926. The Hall–Kier alpha value is -1.54. The highest BCUT2D eigenvalue weighted by atomic mass is 16.5. The van der Waals surface area contributed by atoms with Crippen molar-refractivity contribution in [1.29, 1.82) is 0 Å². The molecule has 0 spiro atoms. The number of hydrogen-bond donors (Lipinski definition) is 1. The molecule has 0 radical (unpaired) electrons. The molecule has 2 nitrogen and oxygen atoms in total. The standard InChI is InChI=1S/C15H19NO/c1-2-6-13(16)11-17-15-10-5-8-12-7-3-4-9-14(12)15/h3-5,7-10,13H,2,6,11,16H2,1H3. The van der Waals surface area contributed by atoms with E-state index >= 15 is 0 Å². The van der Waals surface area contributed by atoms with Gasteiger partial charge in [0.25, 0.3) is 0 Å². The fourth-order valence-corrected chi connectivity index (χ4v) is 1.97. The quantitative estimate of drug-likeness (QED) is 0.853. The van der Waals surface area contributed by atoms with Crippen LogP contribution in [0.1, 0.15) is 19.8 Å². The molecular weight excluding hydrogens is 210 g/mol. The van der Waals surface area contributed by atoms with Crippen molar-refractivity contribution in [3.63, 3.8) is 0 Å². The van der Waals surface area contributed by atoms with Gasteiger partial charge in [-0.05, 0) is 17.9 Å². The Balaban J connectivity index is 2.13. The van der Waals surface area contributed by atoms with Gasteiger partial charge >= 0.3 is 0 Å². The second-order valence-electron chi connectivity index (χ2n) is 4.34. The average molecular weight is 229 g/mol. The molecule has 2 aromatic rings. The van der Waals surface area contributed by atoms with E-state index < -0.39 is 0 Å². The van der Waals surface area contributed by atoms with Crippen LogP contribution in [0.15, 0.2) is 42.5 Å². The molecule has 0 bridgehead atoms. The van der Waals surface area contributed by atoms with E-state index in [1.165, 1.54) is 5.39 Å². The topological polar surface area (TPSA) is 35.2 Å². The molecule has 1 atom stereocenters. The summed E-state index contributed by atoms with van der Waals surface area (Å²) in [7, 11) is 0. The summed E-state index contributed by atoms with van der Waals surface area (Å²) in [6.45, 7) is 2.72. The number of fused-ring (bicyclic) bond motifs is 1. The third-order valence-electron chi connectivity index (χ3n) is 2.86. The van der Waals surface area contributed by atoms with Gasteiger partial charge in [-0.25, -0.2) is 0 Å². The van der Waals surface area contributed by atoms with Gasteiger partial charge in [0, 0.05) is 11.4 Å². The van der Waals surface area contributed by atoms with Crippen molar-refractivity contribution in [2.75, 3.05) is 6.61 Å². The highest BCUT2D eigenvalue weighted by Gasteiger charge is 2.04. The van der Waals surface area contributed by atoms with Crippen LogP contribution in [-0.4, -0.2) is 12.6 Å². The Labute approximate surface area is 102 Å². The van der Waals surface area contributed by atoms with Crippen LogP contribution in [0.4, 0.5) is 0 Å². The van der Waals surface area contributed by atoms with E-state index in [0.29, 0.717) is 6.61 Å². The highest BCUT2D eigenvalue weighted by Crippen LogP contribution is 2.25. The number of rotatable bonds is 5. The van der Waals surface area contributed by atoms with Gasteiger partial charge in [0.2, 0.25) is 0 Å². The zero-order chi connectivity index (χ0) is 12.1. The van der Waals surface area contributed by atoms with Crippen molar-refractivity contribution in [2.45, 2.75) is 25.8 Å². The van der Waals surface area contributed by atoms with Crippen LogP contribution >= 0.6 is 0 Å². The number of benzene rings is 2. The third-order valence-corrected chi connectivity index (χ3v) is 2.86. The maximum atomic E-state index is 5.95. The van der Waals surface area contributed by atoms with Crippen molar-refractivity contribution in [3.05, 3.63) is 42.5 Å². The molecule has 0 saturated heterocycles. The van der Waals surface area contributed by atoms with E-state index in [2.05, 4.69) is 25.1 Å². The summed E-state index contributed by atoms with van der Waals surface area (Å²) < 4.78 is 5.81. The van der Waals surface area contributed by atoms with E-state index in [0.717, 1.165) is 24.0 Å². The molecule has 1 unspecified atom stereocenters. The molecule has 0 aromatic heterocycles. The normalized spacial score (nSPS) is 12.6. The first-order valence-corrected chi connectivity index (χ1v) is 6.17. The Bertz CT molecular complexity index is 476. The lowest BCUT2D eigenvalue weighted by Crippen LogP contribution is -2.27. The van der Waals surface area contributed by atoms with Gasteiger partial charge in [-0.1, -0.05) is 49.7 Å². The molecule has 0 fully saturated rings. The largest absolute Gasteiger partial charge is 0.491 e. The first-order valence-electron chi connectivity index (χ1n) is 6.17. The Morgan fingerprint density at radius 2 is 1.88 bits per heavy atom. The van der Waals surface area contributed by atoms with Gasteiger partial charge in [-0.2, -0.15) is 0 Å². The van der Waals surface area contributed by atoms with Crippen molar-refractivity contribution >= 4 is 10.8 Å². The zero-order valence-corrected chi connectivity index (χ0v) is 10.2. The second-order valence-corrected chi connectivity index (χ2v) is 4.34. The molecular formula is C15H19NO. The van der Waals surface area contributed by atoms with E-state index in [4.69, 9.17) is 10.5 Å². The lowest BCUT2D eigenvalue weighted by Gasteiger charge is -2.13. The molecule has 0 amide bonds. The van der Waals surface area contributed by atoms with Crippen LogP contribution in [0.25, 0.3) is 10.8 Å². The zero-order valence-electron chi connectivity index (χ0n) is 10.2. The summed E-state index contributed by atoms with van der Waals surface area (Å²) in [5, 5.41) is 2.35. The van der Waals surface area contributed by atoms with Gasteiger partial charge in [0.15, 0.2) is 0 Å². The summed E-state index contributed by atoms with van der Waals surface area (Å²) in [6, 6.07) is 14.5. The Morgan fingerprint density at radius 3 is 2.71 bits per heavy atom. The number of hydrogen-bond acceptors (Lipinski definition) is 2. The molecule has 2 aromatic carbocycles. The molecule has 17 heavy (non-hydrogen) atoms. The second kappa shape index (κ2) is 5.69. The first-order chi connectivity index (χ1) is 8.31. The lowest BCUT2D eigenvalue weighted by atomic mass is 10.1. The maximum Gasteiger partial charge on any atom is 0.127 e. The summed E-state index contributed by atoms with van der Waals surface area (Å²) >= 11 is 0. The maximum absolute atomic E-state index is 5.95. The molecule has 90 valence electrons. The van der Waals surface area contributed by atoms with E-state index in [9.17, 15) is 0 Å². The SMILES string of the molecule is CCCC(N)COc1cccc2ccccc12. The fraction of sp³-hybridized carbons (Fsp3) is 0.333. The van der Waals surface area contributed by atoms with Crippen molar-refractivity contribution in [2.24, 2.45) is 5.73 Å². The van der Waals surface area contributed by atoms with Gasteiger partial charge in [0.05, 0.1) is 0 Å². The molecule has 0 heterocycles. The third kappa shape index (κ3) is 2.98. The van der Waals surface area contributed by atoms with Crippen molar-refractivity contribution in [1.82, 2.24) is 0 Å². The molecule has 0 aliphatic rings.